The molecule has 34 heavy (non-hydrogen) atoms. The van der Waals surface area contributed by atoms with Crippen LogP contribution >= 0.6 is 11.3 Å². The molecule has 1 amide bonds. The summed E-state index contributed by atoms with van der Waals surface area (Å²) in [5.74, 6) is -1.45. The number of nitrogens with zero attached hydrogens (tertiary/aromatic N) is 3. The number of hydrogen-bond donors (Lipinski definition) is 3. The van der Waals surface area contributed by atoms with Gasteiger partial charge in [-0.1, -0.05) is 35.6 Å². The lowest BCUT2D eigenvalue weighted by molar-refractivity contribution is -0.141. The molecule has 0 bridgehead atoms. The number of carbonyl (C=O) groups excluding carboxylic acids is 2. The molecule has 1 aliphatic rings. The molecule has 2 heterocycles. The summed E-state index contributed by atoms with van der Waals surface area (Å²) in [5, 5.41) is 17.8. The largest absolute Gasteiger partial charge is 0.477 e. The molecule has 0 spiro atoms. The van der Waals surface area contributed by atoms with Gasteiger partial charge < -0.3 is 25.4 Å². The molecule has 0 saturated carbocycles. The predicted molar refractivity (Wildman–Crippen MR) is 129 cm³/mol. The van der Waals surface area contributed by atoms with Crippen LogP contribution in [0.5, 0.6) is 0 Å². The monoisotopic (exact) mass is 487 g/mol. The summed E-state index contributed by atoms with van der Waals surface area (Å²) in [6.07, 6.45) is 2.12. The van der Waals surface area contributed by atoms with Crippen LogP contribution in [0.2, 0.25) is 0 Å². The number of ether oxygens (including phenoxy) is 1. The van der Waals surface area contributed by atoms with Gasteiger partial charge in [-0.15, -0.1) is 0 Å². The first kappa shape index (κ1) is 25.2. The normalized spacial score (nSPS) is 14.0. The number of carbonyl (C=O) groups is 3. The van der Waals surface area contributed by atoms with E-state index in [1.165, 1.54) is 7.11 Å². The van der Waals surface area contributed by atoms with Crippen LogP contribution in [0, 0.1) is 11.3 Å². The smallest absolute Gasteiger partial charge is 0.348 e. The molecule has 1 fully saturated rings. The Kier molecular flexibility index (Phi) is 8.21. The van der Waals surface area contributed by atoms with E-state index in [4.69, 9.17) is 11.1 Å². The summed E-state index contributed by atoms with van der Waals surface area (Å²) >= 11 is 1.12. The average Bonchev–Trinajstić information content (AvgIpc) is 3.29. The third kappa shape index (κ3) is 5.90. The highest BCUT2D eigenvalue weighted by molar-refractivity contribution is 7.17. The van der Waals surface area contributed by atoms with Crippen molar-refractivity contribution >= 4 is 40.1 Å². The van der Waals surface area contributed by atoms with Crippen LogP contribution in [0.1, 0.15) is 40.9 Å². The molecule has 182 valence electrons. The Labute approximate surface area is 201 Å². The molecule has 3 rings (SSSR count). The quantitative estimate of drug-likeness (QED) is 0.277. The predicted octanol–water partition coefficient (Wildman–Crippen LogP) is 2.42. The van der Waals surface area contributed by atoms with Crippen molar-refractivity contribution in [2.45, 2.75) is 25.7 Å². The zero-order chi connectivity index (χ0) is 24.8. The first-order valence-electron chi connectivity index (χ1n) is 11.0. The van der Waals surface area contributed by atoms with Gasteiger partial charge in [0.15, 0.2) is 5.13 Å². The number of rotatable bonds is 9. The Hall–Kier alpha value is -3.47. The number of hydrogen-bond acceptors (Lipinski definition) is 8. The van der Waals surface area contributed by atoms with Crippen LogP contribution in [0.15, 0.2) is 24.3 Å². The molecule has 1 aromatic carbocycles. The molecule has 0 radical (unpaired) electrons. The molecule has 0 unspecified atom stereocenters. The number of piperidine rings is 1. The second-order valence-corrected chi connectivity index (χ2v) is 9.15. The van der Waals surface area contributed by atoms with Crippen molar-refractivity contribution in [1.82, 2.24) is 9.88 Å². The van der Waals surface area contributed by atoms with E-state index in [1.54, 1.807) is 36.2 Å². The number of methoxy groups -OCH3 is 1. The van der Waals surface area contributed by atoms with Crippen LogP contribution in [0.3, 0.4) is 0 Å². The summed E-state index contributed by atoms with van der Waals surface area (Å²) < 4.78 is 4.63. The van der Waals surface area contributed by atoms with Gasteiger partial charge in [0, 0.05) is 50.1 Å². The third-order valence-electron chi connectivity index (χ3n) is 5.87. The standard InChI is InChI=1S/C23H29N5O5S/c1-27(11-3-4-17(29)33-2)21(30)16-9-12-28(13-10-16)23-26-18(19(34-23)22(31)32)14-5-7-15(8-6-14)20(24)25/h5-8,16H,3-4,9-13H2,1-2H3,(H3,24,25)(H,31,32). The number of thiazole rings is 1. The summed E-state index contributed by atoms with van der Waals surface area (Å²) in [5.41, 5.74) is 7.07. The first-order chi connectivity index (χ1) is 16.2. The maximum atomic E-state index is 12.8. The molecular formula is C23H29N5O5S. The van der Waals surface area contributed by atoms with E-state index in [-0.39, 0.29) is 34.9 Å². The van der Waals surface area contributed by atoms with E-state index in [9.17, 15) is 19.5 Å². The lowest BCUT2D eigenvalue weighted by atomic mass is 9.95. The third-order valence-corrected chi connectivity index (χ3v) is 6.98. The average molecular weight is 488 g/mol. The SMILES string of the molecule is COC(=O)CCCN(C)C(=O)C1CCN(c2nc(-c3ccc(C(=N)N)cc3)c(C(=O)O)s2)CC1. The molecular weight excluding hydrogens is 458 g/mol. The van der Waals surface area contributed by atoms with Gasteiger partial charge in [0.25, 0.3) is 0 Å². The van der Waals surface area contributed by atoms with E-state index in [1.807, 2.05) is 4.90 Å². The van der Waals surface area contributed by atoms with Gasteiger partial charge in [-0.25, -0.2) is 9.78 Å². The number of esters is 1. The second-order valence-electron chi connectivity index (χ2n) is 8.17. The van der Waals surface area contributed by atoms with Crippen LogP contribution in [0.4, 0.5) is 5.13 Å². The van der Waals surface area contributed by atoms with Gasteiger partial charge in [0.2, 0.25) is 5.91 Å². The number of nitrogen functional groups attached to an aromatic ring is 1. The van der Waals surface area contributed by atoms with Crippen molar-refractivity contribution in [3.8, 4) is 11.3 Å². The fourth-order valence-electron chi connectivity index (χ4n) is 3.89. The molecule has 1 aromatic heterocycles. The fourth-order valence-corrected chi connectivity index (χ4v) is 4.87. The summed E-state index contributed by atoms with van der Waals surface area (Å²) in [6, 6.07) is 6.76. The van der Waals surface area contributed by atoms with Gasteiger partial charge in [0.05, 0.1) is 12.8 Å². The first-order valence-corrected chi connectivity index (χ1v) is 11.8. The summed E-state index contributed by atoms with van der Waals surface area (Å²) in [6.45, 7) is 1.69. The van der Waals surface area contributed by atoms with Crippen LogP contribution in [0.25, 0.3) is 11.3 Å². The number of nitrogens with two attached hydrogens (primary N) is 1. The Morgan fingerprint density at radius 3 is 2.47 bits per heavy atom. The molecule has 11 heteroatoms. The number of benzene rings is 1. The van der Waals surface area contributed by atoms with Crippen molar-refractivity contribution in [3.05, 3.63) is 34.7 Å². The van der Waals surface area contributed by atoms with Crippen molar-refractivity contribution in [2.24, 2.45) is 11.7 Å². The van der Waals surface area contributed by atoms with E-state index in [2.05, 4.69) is 9.72 Å². The van der Waals surface area contributed by atoms with Crippen LogP contribution in [-0.2, 0) is 14.3 Å². The Morgan fingerprint density at radius 2 is 1.91 bits per heavy atom. The number of nitrogens with one attached hydrogen (secondary N) is 1. The van der Waals surface area contributed by atoms with Crippen molar-refractivity contribution in [1.29, 1.82) is 5.41 Å². The Morgan fingerprint density at radius 1 is 1.26 bits per heavy atom. The minimum atomic E-state index is -1.05. The molecule has 10 nitrogen and oxygen atoms in total. The van der Waals surface area contributed by atoms with Crippen molar-refractivity contribution < 1.29 is 24.2 Å². The highest BCUT2D eigenvalue weighted by Crippen LogP contribution is 2.35. The lowest BCUT2D eigenvalue weighted by Crippen LogP contribution is -2.41. The number of aromatic carboxylic acids is 1. The number of anilines is 1. The molecule has 0 aliphatic carbocycles. The van der Waals surface area contributed by atoms with Gasteiger partial charge in [-0.05, 0) is 19.3 Å². The number of carboxylic acid groups (broad SMARTS) is 1. The van der Waals surface area contributed by atoms with Crippen molar-refractivity contribution in [3.63, 3.8) is 0 Å². The van der Waals surface area contributed by atoms with E-state index in [0.717, 1.165) is 11.3 Å². The van der Waals surface area contributed by atoms with Gasteiger partial charge >= 0.3 is 11.9 Å². The van der Waals surface area contributed by atoms with Crippen molar-refractivity contribution in [2.75, 3.05) is 38.7 Å². The van der Waals surface area contributed by atoms with E-state index < -0.39 is 5.97 Å². The number of carboxylic acids is 1. The van der Waals surface area contributed by atoms with Gasteiger partial charge in [-0.2, -0.15) is 0 Å². The molecule has 1 saturated heterocycles. The Balaban J connectivity index is 1.64. The fraction of sp³-hybridized carbons (Fsp3) is 0.435. The number of amides is 1. The Bertz CT molecular complexity index is 1060. The summed E-state index contributed by atoms with van der Waals surface area (Å²) in [4.78, 5) is 44.3. The van der Waals surface area contributed by atoms with Gasteiger partial charge in [-0.3, -0.25) is 15.0 Å². The highest BCUT2D eigenvalue weighted by Gasteiger charge is 2.30. The maximum absolute atomic E-state index is 12.8. The van der Waals surface area contributed by atoms with E-state index in [0.29, 0.717) is 60.8 Å². The molecule has 1 aliphatic heterocycles. The number of aromatic nitrogens is 1. The maximum Gasteiger partial charge on any atom is 0.348 e. The van der Waals surface area contributed by atoms with Crippen LogP contribution in [-0.4, -0.2) is 72.5 Å². The zero-order valence-corrected chi connectivity index (χ0v) is 20.1. The minimum absolute atomic E-state index is 0.0566. The molecule has 2 aromatic rings. The molecule has 4 N–H and O–H groups in total. The zero-order valence-electron chi connectivity index (χ0n) is 19.2. The lowest BCUT2D eigenvalue weighted by Gasteiger charge is -2.33. The van der Waals surface area contributed by atoms with Crippen LogP contribution < -0.4 is 10.6 Å². The highest BCUT2D eigenvalue weighted by atomic mass is 32.1. The van der Waals surface area contributed by atoms with Gasteiger partial charge in [0.1, 0.15) is 10.7 Å². The second kappa shape index (κ2) is 11.1. The minimum Gasteiger partial charge on any atom is -0.477 e. The topological polar surface area (TPSA) is 150 Å². The summed E-state index contributed by atoms with van der Waals surface area (Å²) in [7, 11) is 3.09. The molecule has 0 atom stereocenters. The number of amidine groups is 1. The van der Waals surface area contributed by atoms with E-state index >= 15 is 0 Å².